The summed E-state index contributed by atoms with van der Waals surface area (Å²) in [6.07, 6.45) is 2.39. The van der Waals surface area contributed by atoms with E-state index in [1.807, 2.05) is 0 Å². The normalized spacial score (nSPS) is 16.8. The molecule has 1 aliphatic heterocycles. The Morgan fingerprint density at radius 1 is 1.61 bits per heavy atom. The molecule has 1 aromatic heterocycles. The predicted molar refractivity (Wildman–Crippen MR) is 81.7 cm³/mol. The fourth-order valence-electron chi connectivity index (χ4n) is 2.69. The second-order valence-electron chi connectivity index (χ2n) is 5.12. The molecule has 0 aromatic carbocycles. The molecule has 0 radical (unpaired) electrons. The Morgan fingerprint density at radius 3 is 2.78 bits per heavy atom. The quantitative estimate of drug-likeness (QED) is 0.472. The fourth-order valence-corrected chi connectivity index (χ4v) is 2.82. The molecule has 1 aliphatic rings. The molecule has 1 saturated heterocycles. The number of aliphatic carboxylic acids is 1. The molecule has 10 heteroatoms. The highest BCUT2D eigenvalue weighted by atomic mass is 35.5. The number of rotatable bonds is 6. The van der Waals surface area contributed by atoms with Crippen molar-refractivity contribution in [1.29, 1.82) is 0 Å². The summed E-state index contributed by atoms with van der Waals surface area (Å²) in [5.74, 6) is -1.13. The third-order valence-corrected chi connectivity index (χ3v) is 3.94. The topological polar surface area (TPSA) is 119 Å². The molecule has 1 N–H and O–H groups in total. The van der Waals surface area contributed by atoms with Crippen molar-refractivity contribution in [2.75, 3.05) is 18.1 Å². The Labute approximate surface area is 137 Å². The highest BCUT2D eigenvalue weighted by Crippen LogP contribution is 2.32. The van der Waals surface area contributed by atoms with Crippen LogP contribution in [0, 0.1) is 10.1 Å². The smallest absolute Gasteiger partial charge is 0.329 e. The second-order valence-corrected chi connectivity index (χ2v) is 5.46. The molecule has 2 rings (SSSR count). The van der Waals surface area contributed by atoms with Crippen LogP contribution < -0.4 is 4.90 Å². The average Bonchev–Trinajstić information content (AvgIpc) is 2.52. The summed E-state index contributed by atoms with van der Waals surface area (Å²) >= 11 is 5.79. The number of carbonyl (C=O) groups is 1. The number of ether oxygens (including phenoxy) is 1. The lowest BCUT2D eigenvalue weighted by Crippen LogP contribution is -2.50. The van der Waals surface area contributed by atoms with E-state index in [0.717, 1.165) is 6.20 Å². The summed E-state index contributed by atoms with van der Waals surface area (Å²) in [5.41, 5.74) is -0.361. The molecule has 9 nitrogen and oxygen atoms in total. The van der Waals surface area contributed by atoms with Crippen molar-refractivity contribution in [3.05, 3.63) is 21.6 Å². The summed E-state index contributed by atoms with van der Waals surface area (Å²) in [4.78, 5) is 31.4. The first-order valence-electron chi connectivity index (χ1n) is 7.21. The van der Waals surface area contributed by atoms with Crippen LogP contribution in [0.25, 0.3) is 0 Å². The molecule has 0 saturated carbocycles. The Balaban J connectivity index is 2.54. The van der Waals surface area contributed by atoms with Crippen LogP contribution in [-0.2, 0) is 9.53 Å². The molecule has 1 fully saturated rings. The largest absolute Gasteiger partial charge is 0.480 e. The van der Waals surface area contributed by atoms with Crippen LogP contribution in [0.3, 0.4) is 0 Å². The van der Waals surface area contributed by atoms with Crippen LogP contribution in [-0.4, -0.2) is 51.3 Å². The van der Waals surface area contributed by atoms with Gasteiger partial charge in [-0.2, -0.15) is 4.98 Å². The highest BCUT2D eigenvalue weighted by Gasteiger charge is 2.36. The van der Waals surface area contributed by atoms with Gasteiger partial charge in [-0.3, -0.25) is 10.1 Å². The zero-order valence-electron chi connectivity index (χ0n) is 12.5. The average molecular weight is 345 g/mol. The molecule has 0 aliphatic carbocycles. The third kappa shape index (κ3) is 3.85. The first-order chi connectivity index (χ1) is 11.0. The Bertz CT molecular complexity index is 594. The van der Waals surface area contributed by atoms with E-state index in [0.29, 0.717) is 26.1 Å². The van der Waals surface area contributed by atoms with E-state index >= 15 is 0 Å². The third-order valence-electron chi connectivity index (χ3n) is 3.75. The maximum absolute atomic E-state index is 11.6. The molecular formula is C13H17ClN4O5. The summed E-state index contributed by atoms with van der Waals surface area (Å²) in [6.45, 7) is 2.63. The highest BCUT2D eigenvalue weighted by molar-refractivity contribution is 6.28. The second kappa shape index (κ2) is 7.51. The lowest BCUT2D eigenvalue weighted by molar-refractivity contribution is -0.384. The van der Waals surface area contributed by atoms with Gasteiger partial charge in [0.15, 0.2) is 0 Å². The van der Waals surface area contributed by atoms with Gasteiger partial charge in [0.1, 0.15) is 12.2 Å². The van der Waals surface area contributed by atoms with Gasteiger partial charge in [-0.15, -0.1) is 0 Å². The summed E-state index contributed by atoms with van der Waals surface area (Å²) < 4.78 is 5.29. The molecule has 126 valence electrons. The summed E-state index contributed by atoms with van der Waals surface area (Å²) in [6, 6.07) is -1.17. The van der Waals surface area contributed by atoms with Crippen molar-refractivity contribution in [2.24, 2.45) is 0 Å². The lowest BCUT2D eigenvalue weighted by atomic mass is 10.0. The minimum Gasteiger partial charge on any atom is -0.480 e. The van der Waals surface area contributed by atoms with Crippen molar-refractivity contribution in [2.45, 2.75) is 38.3 Å². The van der Waals surface area contributed by atoms with E-state index in [9.17, 15) is 20.0 Å². The molecule has 0 unspecified atom stereocenters. The number of aromatic nitrogens is 2. The van der Waals surface area contributed by atoms with Gasteiger partial charge >= 0.3 is 11.7 Å². The molecule has 1 aromatic rings. The van der Waals surface area contributed by atoms with Crippen LogP contribution in [0.15, 0.2) is 6.20 Å². The molecule has 23 heavy (non-hydrogen) atoms. The van der Waals surface area contributed by atoms with Crippen molar-refractivity contribution >= 4 is 29.1 Å². The van der Waals surface area contributed by atoms with Crippen LogP contribution in [0.2, 0.25) is 5.28 Å². The van der Waals surface area contributed by atoms with Gasteiger partial charge in [-0.25, -0.2) is 9.78 Å². The number of nitrogens with zero attached hydrogens (tertiary/aromatic N) is 4. The van der Waals surface area contributed by atoms with E-state index in [4.69, 9.17) is 16.3 Å². The van der Waals surface area contributed by atoms with E-state index < -0.39 is 16.9 Å². The standard InChI is InChI=1S/C13H17ClN4O5/c1-2-9(12(19)20)17(8-3-5-23-6-4-8)11-10(18(21)22)7-15-13(14)16-11/h7-9H,2-6H2,1H3,(H,19,20)/t9-/m1/s1. The Kier molecular flexibility index (Phi) is 5.67. The van der Waals surface area contributed by atoms with Crippen LogP contribution in [0.5, 0.6) is 0 Å². The molecule has 1 atom stereocenters. The van der Waals surface area contributed by atoms with Crippen LogP contribution >= 0.6 is 11.6 Å². The summed E-state index contributed by atoms with van der Waals surface area (Å²) in [7, 11) is 0. The van der Waals surface area contributed by atoms with Gasteiger partial charge in [-0.05, 0) is 30.9 Å². The summed E-state index contributed by atoms with van der Waals surface area (Å²) in [5, 5.41) is 20.6. The maximum atomic E-state index is 11.6. The van der Waals surface area contributed by atoms with E-state index in [1.165, 1.54) is 4.90 Å². The van der Waals surface area contributed by atoms with Crippen molar-refractivity contribution in [3.8, 4) is 0 Å². The molecule has 0 bridgehead atoms. The van der Waals surface area contributed by atoms with E-state index in [-0.39, 0.29) is 29.3 Å². The molecule has 0 amide bonds. The fraction of sp³-hybridized carbons (Fsp3) is 0.615. The van der Waals surface area contributed by atoms with E-state index in [2.05, 4.69) is 9.97 Å². The molecule has 2 heterocycles. The Hall–Kier alpha value is -2.00. The number of carboxylic acids is 1. The monoisotopic (exact) mass is 344 g/mol. The number of halogens is 1. The first-order valence-corrected chi connectivity index (χ1v) is 7.59. The minimum atomic E-state index is -1.07. The molecule has 0 spiro atoms. The zero-order chi connectivity index (χ0) is 17.0. The van der Waals surface area contributed by atoms with Gasteiger partial charge in [0.2, 0.25) is 11.1 Å². The lowest BCUT2D eigenvalue weighted by Gasteiger charge is -2.38. The van der Waals surface area contributed by atoms with Gasteiger partial charge in [-0.1, -0.05) is 6.92 Å². The maximum Gasteiger partial charge on any atom is 0.329 e. The number of anilines is 1. The number of nitro groups is 1. The van der Waals surface area contributed by atoms with Crippen molar-refractivity contribution in [3.63, 3.8) is 0 Å². The Morgan fingerprint density at radius 2 is 2.26 bits per heavy atom. The predicted octanol–water partition coefficient (Wildman–Crippen LogP) is 1.89. The number of carboxylic acid groups (broad SMARTS) is 1. The molecular weight excluding hydrogens is 328 g/mol. The van der Waals surface area contributed by atoms with Crippen molar-refractivity contribution in [1.82, 2.24) is 9.97 Å². The van der Waals surface area contributed by atoms with Crippen LogP contribution in [0.4, 0.5) is 11.5 Å². The van der Waals surface area contributed by atoms with Crippen LogP contribution in [0.1, 0.15) is 26.2 Å². The van der Waals surface area contributed by atoms with Gasteiger partial charge in [0.25, 0.3) is 0 Å². The zero-order valence-corrected chi connectivity index (χ0v) is 13.3. The van der Waals surface area contributed by atoms with Gasteiger partial charge in [0, 0.05) is 19.3 Å². The first kappa shape index (κ1) is 17.4. The number of hydrogen-bond acceptors (Lipinski definition) is 7. The van der Waals surface area contributed by atoms with Gasteiger partial charge < -0.3 is 14.7 Å². The van der Waals surface area contributed by atoms with Crippen molar-refractivity contribution < 1.29 is 19.6 Å². The van der Waals surface area contributed by atoms with E-state index in [1.54, 1.807) is 6.92 Å². The number of hydrogen-bond donors (Lipinski definition) is 1. The SMILES string of the molecule is CC[C@H](C(=O)O)N(c1nc(Cl)ncc1[N+](=O)[O-])C1CCOCC1. The minimum absolute atomic E-state index is 0.0591. The van der Waals surface area contributed by atoms with Gasteiger partial charge in [0.05, 0.1) is 4.92 Å².